The van der Waals surface area contributed by atoms with Crippen LogP contribution < -0.4 is 0 Å². The highest BCUT2D eigenvalue weighted by Crippen LogP contribution is 2.60. The number of hydrogen-bond acceptors (Lipinski definition) is 10. The van der Waals surface area contributed by atoms with Crippen molar-refractivity contribution in [2.24, 2.45) is 0 Å². The summed E-state index contributed by atoms with van der Waals surface area (Å²) in [5.74, 6) is -5.68. The Hall–Kier alpha value is -3.20. The molecule has 0 atom stereocenters. The van der Waals surface area contributed by atoms with Gasteiger partial charge in [0.1, 0.15) is 5.69 Å². The summed E-state index contributed by atoms with van der Waals surface area (Å²) in [6.07, 6.45) is 1.20. The minimum atomic E-state index is -3.30. The third-order valence-corrected chi connectivity index (χ3v) is 6.00. The zero-order valence-corrected chi connectivity index (χ0v) is 18.9. The average Bonchev–Trinajstić information content (AvgIpc) is 3.50. The molecule has 15 heteroatoms. The highest BCUT2D eigenvalue weighted by atomic mass is 79.9. The van der Waals surface area contributed by atoms with Crippen molar-refractivity contribution in [2.75, 3.05) is 0 Å². The summed E-state index contributed by atoms with van der Waals surface area (Å²) >= 11 is 3.01. The number of hydrogen-bond donors (Lipinski definition) is 7. The molecule has 0 spiro atoms. The Morgan fingerprint density at radius 3 is 1.97 bits per heavy atom. The molecule has 33 heavy (non-hydrogen) atoms. The summed E-state index contributed by atoms with van der Waals surface area (Å²) < 4.78 is 28.0. The Labute approximate surface area is 195 Å². The summed E-state index contributed by atoms with van der Waals surface area (Å²) in [5.41, 5.74) is -0.424. The number of phenols is 6. The maximum absolute atomic E-state index is 13.6. The van der Waals surface area contributed by atoms with Gasteiger partial charge >= 0.3 is 0 Å². The van der Waals surface area contributed by atoms with Gasteiger partial charge in [-0.3, -0.25) is 9.36 Å². The van der Waals surface area contributed by atoms with Gasteiger partial charge in [0.15, 0.2) is 23.0 Å². The maximum Gasteiger partial charge on any atom is 0.298 e. The molecule has 1 aliphatic carbocycles. The van der Waals surface area contributed by atoms with Gasteiger partial charge < -0.3 is 35.7 Å². The van der Waals surface area contributed by atoms with Gasteiger partial charge in [0, 0.05) is 17.9 Å². The van der Waals surface area contributed by atoms with Crippen molar-refractivity contribution in [3.05, 3.63) is 10.3 Å². The Balaban J connectivity index is 0.000000968. The molecule has 0 bridgehead atoms. The first kappa shape index (κ1) is 24.4. The maximum atomic E-state index is 13.6. The number of thioether (sulfide) groups is 1. The first-order valence-corrected chi connectivity index (χ1v) is 10.6. The van der Waals surface area contributed by atoms with E-state index >= 15 is 0 Å². The number of halogens is 3. The number of aromatic hydroxyl groups is 6. The number of benzene rings is 2. The fraction of sp³-hybridized carbons (Fsp3) is 0.278. The number of carbonyl (C=O) groups is 1. The minimum Gasteiger partial charge on any atom is -0.504 e. The SMILES string of the molecule is CC(F)(F)Sc1nnc(Br)n1-c1c(O)c(O)c(C2CC2)c2c(O)c(O)c(O)c(O)c12.O=CO. The fourth-order valence-electron chi connectivity index (χ4n) is 3.32. The number of rotatable bonds is 4. The van der Waals surface area contributed by atoms with E-state index in [0.717, 1.165) is 4.57 Å². The van der Waals surface area contributed by atoms with E-state index in [1.54, 1.807) is 0 Å². The average molecular weight is 552 g/mol. The molecule has 1 saturated carbocycles. The molecule has 4 rings (SSSR count). The lowest BCUT2D eigenvalue weighted by Gasteiger charge is -2.20. The Morgan fingerprint density at radius 2 is 1.48 bits per heavy atom. The molecule has 0 amide bonds. The van der Waals surface area contributed by atoms with Gasteiger partial charge in [0.25, 0.3) is 11.7 Å². The van der Waals surface area contributed by atoms with Crippen LogP contribution in [0.3, 0.4) is 0 Å². The van der Waals surface area contributed by atoms with Crippen molar-refractivity contribution in [2.45, 2.75) is 36.1 Å². The monoisotopic (exact) mass is 551 g/mol. The van der Waals surface area contributed by atoms with Gasteiger partial charge in [-0.15, -0.1) is 10.2 Å². The lowest BCUT2D eigenvalue weighted by atomic mass is 9.95. The van der Waals surface area contributed by atoms with E-state index in [1.807, 2.05) is 0 Å². The predicted molar refractivity (Wildman–Crippen MR) is 114 cm³/mol. The molecule has 11 nitrogen and oxygen atoms in total. The third-order valence-electron chi connectivity index (χ3n) is 4.68. The lowest BCUT2D eigenvalue weighted by molar-refractivity contribution is -0.122. The van der Waals surface area contributed by atoms with Crippen molar-refractivity contribution in [1.82, 2.24) is 14.8 Å². The normalized spacial score (nSPS) is 13.6. The molecule has 0 saturated heterocycles. The van der Waals surface area contributed by atoms with Crippen LogP contribution in [0, 0.1) is 0 Å². The summed E-state index contributed by atoms with van der Waals surface area (Å²) in [6, 6.07) is 0. The number of aromatic nitrogens is 3. The van der Waals surface area contributed by atoms with E-state index < -0.39 is 50.6 Å². The molecule has 0 radical (unpaired) electrons. The second-order valence-corrected chi connectivity index (χ2v) is 8.98. The van der Waals surface area contributed by atoms with E-state index in [0.29, 0.717) is 19.8 Å². The highest BCUT2D eigenvalue weighted by Gasteiger charge is 2.37. The van der Waals surface area contributed by atoms with Gasteiger partial charge in [-0.05, 0) is 46.5 Å². The zero-order valence-electron chi connectivity index (χ0n) is 16.5. The van der Waals surface area contributed by atoms with E-state index in [4.69, 9.17) is 9.90 Å². The molecule has 178 valence electrons. The number of carboxylic acid groups (broad SMARTS) is 1. The minimum absolute atomic E-state index is 0.0163. The van der Waals surface area contributed by atoms with Crippen LogP contribution in [0.2, 0.25) is 0 Å². The first-order chi connectivity index (χ1) is 15.4. The molecule has 7 N–H and O–H groups in total. The highest BCUT2D eigenvalue weighted by molar-refractivity contribution is 9.10. The van der Waals surface area contributed by atoms with Crippen molar-refractivity contribution < 1.29 is 49.3 Å². The van der Waals surface area contributed by atoms with E-state index in [-0.39, 0.29) is 45.2 Å². The van der Waals surface area contributed by atoms with Crippen LogP contribution in [0.5, 0.6) is 34.5 Å². The third kappa shape index (κ3) is 4.25. The molecule has 1 aromatic heterocycles. The van der Waals surface area contributed by atoms with Gasteiger partial charge in [0.05, 0.1) is 5.39 Å². The number of phenolic OH excluding ortho intramolecular Hbond substituents is 6. The van der Waals surface area contributed by atoms with Crippen molar-refractivity contribution in [3.8, 4) is 40.2 Å². The van der Waals surface area contributed by atoms with E-state index in [9.17, 15) is 39.4 Å². The quantitative estimate of drug-likeness (QED) is 0.108. The van der Waals surface area contributed by atoms with Crippen LogP contribution in [0.1, 0.15) is 31.2 Å². The van der Waals surface area contributed by atoms with Gasteiger partial charge in [-0.1, -0.05) is 0 Å². The van der Waals surface area contributed by atoms with Crippen molar-refractivity contribution in [1.29, 1.82) is 0 Å². The summed E-state index contributed by atoms with van der Waals surface area (Å²) in [4.78, 5) is 8.36. The zero-order chi connectivity index (χ0) is 24.8. The summed E-state index contributed by atoms with van der Waals surface area (Å²) in [6.45, 7) is 0.364. The molecule has 1 fully saturated rings. The molecule has 2 aromatic carbocycles. The predicted octanol–water partition coefficient (Wildman–Crippen LogP) is 3.70. The molecular formula is C18H16BrF2N3O8S. The number of fused-ring (bicyclic) bond motifs is 1. The molecular weight excluding hydrogens is 536 g/mol. The van der Waals surface area contributed by atoms with Crippen LogP contribution in [0.25, 0.3) is 16.5 Å². The van der Waals surface area contributed by atoms with Gasteiger partial charge in [0.2, 0.25) is 21.4 Å². The van der Waals surface area contributed by atoms with Crippen molar-refractivity contribution in [3.63, 3.8) is 0 Å². The smallest absolute Gasteiger partial charge is 0.298 e. The van der Waals surface area contributed by atoms with Crippen LogP contribution in [0.4, 0.5) is 8.78 Å². The van der Waals surface area contributed by atoms with Crippen LogP contribution >= 0.6 is 27.7 Å². The van der Waals surface area contributed by atoms with Gasteiger partial charge in [-0.2, -0.15) is 8.78 Å². The number of alkyl halides is 2. The van der Waals surface area contributed by atoms with Crippen LogP contribution in [-0.4, -0.2) is 62.2 Å². The molecule has 1 heterocycles. The van der Waals surface area contributed by atoms with E-state index in [2.05, 4.69) is 26.1 Å². The largest absolute Gasteiger partial charge is 0.504 e. The number of nitrogens with zero attached hydrogens (tertiary/aromatic N) is 3. The van der Waals surface area contributed by atoms with Crippen LogP contribution in [0.15, 0.2) is 9.89 Å². The molecule has 0 unspecified atom stereocenters. The Bertz CT molecular complexity index is 1260. The first-order valence-electron chi connectivity index (χ1n) is 8.98. The second-order valence-electron chi connectivity index (χ2n) is 6.98. The standard InChI is InChI=1S/C17H14BrF2N3O6S.CH2O2/c1-17(19,20)30-16-22-21-15(18)23(16)8-7-6(10(25)13(28)14(29)11(7)26)5(4-2-3-4)9(24)12(8)27;2-1-3/h4,24-29H,2-3H2,1H3;1H,(H,2,3). The second kappa shape index (κ2) is 8.62. The van der Waals surface area contributed by atoms with E-state index in [1.165, 1.54) is 0 Å². The molecule has 0 aliphatic heterocycles. The Morgan fingerprint density at radius 1 is 0.970 bits per heavy atom. The molecule has 1 aliphatic rings. The Kier molecular flexibility index (Phi) is 6.39. The summed E-state index contributed by atoms with van der Waals surface area (Å²) in [5, 5.41) is 72.4. The van der Waals surface area contributed by atoms with Crippen molar-refractivity contribution >= 4 is 44.9 Å². The topological polar surface area (TPSA) is 189 Å². The lowest BCUT2D eigenvalue weighted by Crippen LogP contribution is -2.07. The van der Waals surface area contributed by atoms with Gasteiger partial charge in [-0.25, -0.2) is 0 Å². The van der Waals surface area contributed by atoms with Crippen LogP contribution in [-0.2, 0) is 4.79 Å². The summed E-state index contributed by atoms with van der Waals surface area (Å²) in [7, 11) is 0. The molecule has 3 aromatic rings. The fourth-order valence-corrected chi connectivity index (χ4v) is 4.53.